The third-order valence-corrected chi connectivity index (χ3v) is 4.75. The fourth-order valence-corrected chi connectivity index (χ4v) is 3.00. The topological polar surface area (TPSA) is 79.0 Å². The summed E-state index contributed by atoms with van der Waals surface area (Å²) in [5.74, 6) is 0.0201. The summed E-state index contributed by atoms with van der Waals surface area (Å²) in [4.78, 5) is 40.4. The van der Waals surface area contributed by atoms with Crippen molar-refractivity contribution >= 4 is 17.8 Å². The largest absolute Gasteiger partial charge is 0.497 e. The van der Waals surface area contributed by atoms with Gasteiger partial charge in [0.05, 0.1) is 7.11 Å². The Balaban J connectivity index is 2.15. The van der Waals surface area contributed by atoms with Crippen LogP contribution < -0.4 is 10.1 Å². The van der Waals surface area contributed by atoms with Gasteiger partial charge in [-0.25, -0.2) is 4.79 Å². The van der Waals surface area contributed by atoms with E-state index in [2.05, 4.69) is 12.2 Å². The lowest BCUT2D eigenvalue weighted by atomic mass is 9.92. The SMILES string of the molecule is CCCCN(CC)C(=O)CN1C(=O)NC(C)(c2ccc(OC)cc2)C1=O. The minimum Gasteiger partial charge on any atom is -0.497 e. The summed E-state index contributed by atoms with van der Waals surface area (Å²) < 4.78 is 5.12. The third kappa shape index (κ3) is 3.81. The lowest BCUT2D eigenvalue weighted by Crippen LogP contribution is -2.44. The molecule has 1 N–H and O–H groups in total. The lowest BCUT2D eigenvalue weighted by Gasteiger charge is -2.24. The molecule has 4 amide bonds. The molecule has 1 unspecified atom stereocenters. The molecule has 7 heteroatoms. The van der Waals surface area contributed by atoms with Crippen LogP contribution in [0.25, 0.3) is 0 Å². The number of imide groups is 1. The summed E-state index contributed by atoms with van der Waals surface area (Å²) in [5.41, 5.74) is -0.547. The van der Waals surface area contributed by atoms with Crippen molar-refractivity contribution in [1.29, 1.82) is 0 Å². The molecule has 1 fully saturated rings. The molecule has 142 valence electrons. The van der Waals surface area contributed by atoms with E-state index in [1.165, 1.54) is 0 Å². The van der Waals surface area contributed by atoms with Crippen LogP contribution >= 0.6 is 0 Å². The number of unbranched alkanes of at least 4 members (excludes halogenated alkanes) is 1. The highest BCUT2D eigenvalue weighted by Gasteiger charge is 2.49. The average Bonchev–Trinajstić information content (AvgIpc) is 2.86. The highest BCUT2D eigenvalue weighted by atomic mass is 16.5. The molecule has 0 aliphatic carbocycles. The number of hydrogen-bond acceptors (Lipinski definition) is 4. The molecule has 1 aliphatic rings. The van der Waals surface area contributed by atoms with E-state index in [0.29, 0.717) is 24.4 Å². The van der Waals surface area contributed by atoms with E-state index in [1.54, 1.807) is 43.2 Å². The van der Waals surface area contributed by atoms with Gasteiger partial charge in [-0.3, -0.25) is 14.5 Å². The maximum atomic E-state index is 12.9. The molecular weight excluding hydrogens is 334 g/mol. The van der Waals surface area contributed by atoms with Crippen molar-refractivity contribution in [2.24, 2.45) is 0 Å². The Morgan fingerprint density at radius 3 is 2.42 bits per heavy atom. The Hall–Kier alpha value is -2.57. The van der Waals surface area contributed by atoms with Gasteiger partial charge in [-0.2, -0.15) is 0 Å². The van der Waals surface area contributed by atoms with Crippen LogP contribution in [0.1, 0.15) is 39.2 Å². The molecule has 0 saturated carbocycles. The van der Waals surface area contributed by atoms with Crippen LogP contribution in [0, 0.1) is 0 Å². The monoisotopic (exact) mass is 361 g/mol. The Morgan fingerprint density at radius 2 is 1.88 bits per heavy atom. The van der Waals surface area contributed by atoms with Gasteiger partial charge in [-0.05, 0) is 38.0 Å². The summed E-state index contributed by atoms with van der Waals surface area (Å²) in [5, 5.41) is 2.72. The van der Waals surface area contributed by atoms with Gasteiger partial charge in [0, 0.05) is 13.1 Å². The number of amides is 4. The quantitative estimate of drug-likeness (QED) is 0.719. The van der Waals surface area contributed by atoms with Crippen LogP contribution in [0.5, 0.6) is 5.75 Å². The molecule has 7 nitrogen and oxygen atoms in total. The Labute approximate surface area is 154 Å². The maximum absolute atomic E-state index is 12.9. The molecule has 0 bridgehead atoms. The first-order valence-electron chi connectivity index (χ1n) is 8.93. The molecule has 1 aliphatic heterocycles. The van der Waals surface area contributed by atoms with E-state index in [1.807, 2.05) is 6.92 Å². The third-order valence-electron chi connectivity index (χ3n) is 4.75. The summed E-state index contributed by atoms with van der Waals surface area (Å²) in [6.07, 6.45) is 1.87. The number of benzene rings is 1. The summed E-state index contributed by atoms with van der Waals surface area (Å²) in [6, 6.07) is 6.40. The normalized spacial score (nSPS) is 19.5. The lowest BCUT2D eigenvalue weighted by molar-refractivity contribution is -0.138. The smallest absolute Gasteiger partial charge is 0.325 e. The number of nitrogens with one attached hydrogen (secondary N) is 1. The molecule has 26 heavy (non-hydrogen) atoms. The molecule has 1 aromatic rings. The highest BCUT2D eigenvalue weighted by Crippen LogP contribution is 2.30. The number of hydrogen-bond donors (Lipinski definition) is 1. The number of methoxy groups -OCH3 is 1. The minimum atomic E-state index is -1.19. The van der Waals surface area contributed by atoms with E-state index < -0.39 is 17.5 Å². The molecule has 1 aromatic carbocycles. The maximum Gasteiger partial charge on any atom is 0.325 e. The van der Waals surface area contributed by atoms with Gasteiger partial charge in [-0.1, -0.05) is 25.5 Å². The van der Waals surface area contributed by atoms with Gasteiger partial charge in [0.25, 0.3) is 5.91 Å². The van der Waals surface area contributed by atoms with Crippen LogP contribution in [-0.2, 0) is 15.1 Å². The van der Waals surface area contributed by atoms with Crippen LogP contribution in [-0.4, -0.2) is 54.4 Å². The fraction of sp³-hybridized carbons (Fsp3) is 0.526. The van der Waals surface area contributed by atoms with Crippen molar-refractivity contribution in [3.8, 4) is 5.75 Å². The van der Waals surface area contributed by atoms with Gasteiger partial charge in [0.1, 0.15) is 17.8 Å². The van der Waals surface area contributed by atoms with Gasteiger partial charge in [0.2, 0.25) is 5.91 Å². The fourth-order valence-electron chi connectivity index (χ4n) is 3.00. The van der Waals surface area contributed by atoms with Gasteiger partial charge in [0.15, 0.2) is 0 Å². The summed E-state index contributed by atoms with van der Waals surface area (Å²) in [7, 11) is 1.56. The first-order valence-corrected chi connectivity index (χ1v) is 8.93. The molecule has 0 spiro atoms. The zero-order valence-corrected chi connectivity index (χ0v) is 15.9. The average molecular weight is 361 g/mol. The van der Waals surface area contributed by atoms with Gasteiger partial charge in [-0.15, -0.1) is 0 Å². The summed E-state index contributed by atoms with van der Waals surface area (Å²) >= 11 is 0. The standard InChI is InChI=1S/C19H27N3O4/c1-5-7-12-21(6-2)16(23)13-22-17(24)19(3,20-18(22)25)14-8-10-15(26-4)11-9-14/h8-11H,5-7,12-13H2,1-4H3,(H,20,25). The predicted octanol–water partition coefficient (Wildman–Crippen LogP) is 2.11. The number of carbonyl (C=O) groups is 3. The zero-order valence-electron chi connectivity index (χ0n) is 15.9. The van der Waals surface area contributed by atoms with Crippen LogP contribution in [0.2, 0.25) is 0 Å². The number of rotatable bonds is 8. The molecule has 1 heterocycles. The minimum absolute atomic E-state index is 0.219. The number of likely N-dealkylation sites (N-methyl/N-ethyl adjacent to an activating group) is 1. The molecule has 0 aromatic heterocycles. The Morgan fingerprint density at radius 1 is 1.23 bits per heavy atom. The second-order valence-electron chi connectivity index (χ2n) is 6.50. The highest BCUT2D eigenvalue weighted by molar-refractivity contribution is 6.09. The van der Waals surface area contributed by atoms with Crippen molar-refractivity contribution in [2.45, 2.75) is 39.2 Å². The van der Waals surface area contributed by atoms with Crippen molar-refractivity contribution in [3.63, 3.8) is 0 Å². The van der Waals surface area contributed by atoms with E-state index in [-0.39, 0.29) is 12.5 Å². The van der Waals surface area contributed by atoms with Crippen LogP contribution in [0.4, 0.5) is 4.79 Å². The molecule has 0 radical (unpaired) electrons. The molecular formula is C19H27N3O4. The Kier molecular flexibility index (Phi) is 6.23. The molecule has 1 atom stereocenters. The van der Waals surface area contributed by atoms with E-state index in [0.717, 1.165) is 17.7 Å². The number of ether oxygens (including phenoxy) is 1. The van der Waals surface area contributed by atoms with Crippen LogP contribution in [0.15, 0.2) is 24.3 Å². The van der Waals surface area contributed by atoms with Crippen molar-refractivity contribution in [2.75, 3.05) is 26.7 Å². The number of carbonyl (C=O) groups excluding carboxylic acids is 3. The predicted molar refractivity (Wildman–Crippen MR) is 97.8 cm³/mol. The van der Waals surface area contributed by atoms with E-state index >= 15 is 0 Å². The van der Waals surface area contributed by atoms with Gasteiger partial charge < -0.3 is 15.0 Å². The second-order valence-corrected chi connectivity index (χ2v) is 6.50. The van der Waals surface area contributed by atoms with Gasteiger partial charge >= 0.3 is 6.03 Å². The molecule has 1 saturated heterocycles. The van der Waals surface area contributed by atoms with Crippen molar-refractivity contribution in [3.05, 3.63) is 29.8 Å². The first kappa shape index (κ1) is 19.8. The Bertz CT molecular complexity index is 674. The van der Waals surface area contributed by atoms with E-state index in [4.69, 9.17) is 4.74 Å². The molecule has 2 rings (SSSR count). The number of urea groups is 1. The summed E-state index contributed by atoms with van der Waals surface area (Å²) in [6.45, 7) is 6.53. The second kappa shape index (κ2) is 8.21. The van der Waals surface area contributed by atoms with Crippen molar-refractivity contribution < 1.29 is 19.1 Å². The van der Waals surface area contributed by atoms with Crippen molar-refractivity contribution in [1.82, 2.24) is 15.1 Å². The first-order chi connectivity index (χ1) is 12.4. The number of nitrogens with zero attached hydrogens (tertiary/aromatic N) is 2. The van der Waals surface area contributed by atoms with Crippen LogP contribution in [0.3, 0.4) is 0 Å². The van der Waals surface area contributed by atoms with E-state index in [9.17, 15) is 14.4 Å². The zero-order chi connectivity index (χ0) is 19.3.